The van der Waals surface area contributed by atoms with Crippen LogP contribution in [-0.2, 0) is 0 Å². The molecule has 0 aromatic heterocycles. The van der Waals surface area contributed by atoms with E-state index in [1.807, 2.05) is 32.0 Å². The Morgan fingerprint density at radius 1 is 1.26 bits per heavy atom. The van der Waals surface area contributed by atoms with Gasteiger partial charge in [-0.05, 0) is 57.7 Å². The number of ether oxygens (including phenoxy) is 1. The van der Waals surface area contributed by atoms with Crippen LogP contribution in [0.2, 0.25) is 0 Å². The Labute approximate surface area is 152 Å². The van der Waals surface area contributed by atoms with E-state index in [-0.39, 0.29) is 30.5 Å². The lowest BCUT2D eigenvalue weighted by Gasteiger charge is -2.29. The Bertz CT molecular complexity index is 556. The molecular weight excluding hydrogens is 380 g/mol. The molecule has 2 aliphatic rings. The second-order valence-electron chi connectivity index (χ2n) is 6.62. The fourth-order valence-electron chi connectivity index (χ4n) is 3.48. The highest BCUT2D eigenvalue weighted by Gasteiger charge is 2.34. The zero-order valence-electron chi connectivity index (χ0n) is 13.5. The maximum Gasteiger partial charge on any atom is 0.251 e. The molecule has 2 heterocycles. The first kappa shape index (κ1) is 18.6. The molecule has 6 heteroatoms. The number of fused-ring (bicyclic) bond motifs is 2. The van der Waals surface area contributed by atoms with E-state index in [0.29, 0.717) is 17.6 Å². The van der Waals surface area contributed by atoms with E-state index < -0.39 is 0 Å². The van der Waals surface area contributed by atoms with Crippen LogP contribution >= 0.6 is 28.3 Å². The second kappa shape index (κ2) is 7.86. The van der Waals surface area contributed by atoms with E-state index >= 15 is 0 Å². The highest BCUT2D eigenvalue weighted by atomic mass is 79.9. The van der Waals surface area contributed by atoms with Crippen molar-refractivity contribution >= 4 is 34.2 Å². The van der Waals surface area contributed by atoms with Crippen molar-refractivity contribution in [2.45, 2.75) is 63.8 Å². The van der Waals surface area contributed by atoms with Crippen molar-refractivity contribution in [1.82, 2.24) is 10.6 Å². The van der Waals surface area contributed by atoms with Gasteiger partial charge in [-0.1, -0.05) is 15.9 Å². The van der Waals surface area contributed by atoms with Gasteiger partial charge in [-0.3, -0.25) is 4.79 Å². The zero-order chi connectivity index (χ0) is 15.7. The lowest BCUT2D eigenvalue weighted by atomic mass is 9.99. The molecule has 0 saturated carbocycles. The first-order chi connectivity index (χ1) is 10.5. The van der Waals surface area contributed by atoms with E-state index in [4.69, 9.17) is 4.74 Å². The van der Waals surface area contributed by atoms with Crippen molar-refractivity contribution < 1.29 is 9.53 Å². The molecule has 2 atom stereocenters. The van der Waals surface area contributed by atoms with Crippen molar-refractivity contribution in [3.63, 3.8) is 0 Å². The minimum absolute atomic E-state index is 0. The van der Waals surface area contributed by atoms with Crippen molar-refractivity contribution in [2.75, 3.05) is 0 Å². The summed E-state index contributed by atoms with van der Waals surface area (Å²) >= 11 is 3.46. The lowest BCUT2D eigenvalue weighted by molar-refractivity contribution is 0.0923. The first-order valence-electron chi connectivity index (χ1n) is 8.04. The number of amides is 1. The fraction of sp³-hybridized carbons (Fsp3) is 0.588. The molecule has 2 unspecified atom stereocenters. The molecule has 1 aromatic rings. The van der Waals surface area contributed by atoms with Gasteiger partial charge in [0.25, 0.3) is 5.91 Å². The predicted octanol–water partition coefficient (Wildman–Crippen LogP) is 3.67. The third kappa shape index (κ3) is 4.85. The third-order valence-electron chi connectivity index (χ3n) is 4.31. The number of halogens is 2. The molecule has 4 nitrogen and oxygen atoms in total. The molecule has 2 fully saturated rings. The Balaban J connectivity index is 0.00000192. The average Bonchev–Trinajstić information content (AvgIpc) is 2.76. The summed E-state index contributed by atoms with van der Waals surface area (Å²) < 4.78 is 6.56. The van der Waals surface area contributed by atoms with Crippen LogP contribution in [0.15, 0.2) is 22.7 Å². The molecule has 128 valence electrons. The lowest BCUT2D eigenvalue weighted by Crippen LogP contribution is -2.48. The predicted molar refractivity (Wildman–Crippen MR) is 97.6 cm³/mol. The van der Waals surface area contributed by atoms with E-state index in [9.17, 15) is 4.79 Å². The summed E-state index contributed by atoms with van der Waals surface area (Å²) in [6.07, 6.45) is 4.63. The third-order valence-corrected chi connectivity index (χ3v) is 4.77. The van der Waals surface area contributed by atoms with Gasteiger partial charge in [-0.25, -0.2) is 0 Å². The topological polar surface area (TPSA) is 50.4 Å². The van der Waals surface area contributed by atoms with Crippen LogP contribution in [0.4, 0.5) is 0 Å². The number of piperidine rings is 1. The van der Waals surface area contributed by atoms with Crippen LogP contribution < -0.4 is 15.4 Å². The van der Waals surface area contributed by atoms with Crippen molar-refractivity contribution in [3.05, 3.63) is 28.2 Å². The van der Waals surface area contributed by atoms with Crippen LogP contribution in [-0.4, -0.2) is 30.1 Å². The molecule has 23 heavy (non-hydrogen) atoms. The highest BCUT2D eigenvalue weighted by Crippen LogP contribution is 2.27. The van der Waals surface area contributed by atoms with Crippen molar-refractivity contribution in [3.8, 4) is 5.75 Å². The minimum atomic E-state index is -0.0128. The minimum Gasteiger partial charge on any atom is -0.491 e. The highest BCUT2D eigenvalue weighted by molar-refractivity contribution is 9.10. The molecule has 0 aliphatic carbocycles. The van der Waals surface area contributed by atoms with Gasteiger partial charge >= 0.3 is 0 Å². The molecule has 2 aliphatic heterocycles. The van der Waals surface area contributed by atoms with Crippen LogP contribution in [0.5, 0.6) is 5.75 Å². The number of hydrogen-bond acceptors (Lipinski definition) is 3. The Kier molecular flexibility index (Phi) is 6.34. The number of benzene rings is 1. The zero-order valence-corrected chi connectivity index (χ0v) is 15.9. The summed E-state index contributed by atoms with van der Waals surface area (Å²) in [6.45, 7) is 3.96. The van der Waals surface area contributed by atoms with Gasteiger partial charge in [0.05, 0.1) is 6.10 Å². The van der Waals surface area contributed by atoms with Gasteiger partial charge in [0.15, 0.2) is 0 Å². The van der Waals surface area contributed by atoms with E-state index in [0.717, 1.165) is 23.1 Å². The number of carbonyl (C=O) groups is 1. The fourth-order valence-corrected chi connectivity index (χ4v) is 3.95. The number of rotatable bonds is 4. The largest absolute Gasteiger partial charge is 0.491 e. The molecule has 0 radical (unpaired) electrons. The van der Waals surface area contributed by atoms with Gasteiger partial charge in [0.2, 0.25) is 0 Å². The summed E-state index contributed by atoms with van der Waals surface area (Å²) in [5, 5.41) is 6.78. The maximum absolute atomic E-state index is 12.5. The standard InChI is InChI=1S/C17H23BrN2O2.ClH/c1-10(2)22-16-6-11(5-12(18)7-16)17(21)20-15-8-13-3-4-14(9-15)19-13;/h5-7,10,13-15,19H,3-4,8-9H2,1-2H3,(H,20,21);1H. The SMILES string of the molecule is CC(C)Oc1cc(Br)cc(C(=O)NC2CC3CCC(C2)N3)c1.Cl. The monoisotopic (exact) mass is 402 g/mol. The molecule has 3 rings (SSSR count). The van der Waals surface area contributed by atoms with Crippen molar-refractivity contribution in [1.29, 1.82) is 0 Å². The van der Waals surface area contributed by atoms with Crippen LogP contribution in [0, 0.1) is 0 Å². The summed E-state index contributed by atoms with van der Waals surface area (Å²) in [7, 11) is 0. The molecule has 2 N–H and O–H groups in total. The van der Waals surface area contributed by atoms with Gasteiger partial charge in [0.1, 0.15) is 5.75 Å². The van der Waals surface area contributed by atoms with Gasteiger partial charge in [-0.2, -0.15) is 0 Å². The first-order valence-corrected chi connectivity index (χ1v) is 8.83. The second-order valence-corrected chi connectivity index (χ2v) is 7.54. The molecule has 2 saturated heterocycles. The number of nitrogens with one attached hydrogen (secondary N) is 2. The molecule has 2 bridgehead atoms. The van der Waals surface area contributed by atoms with E-state index in [2.05, 4.69) is 26.6 Å². The molecule has 0 spiro atoms. The number of carbonyl (C=O) groups excluding carboxylic acids is 1. The summed E-state index contributed by atoms with van der Waals surface area (Å²) in [5.74, 6) is 0.709. The van der Waals surface area contributed by atoms with Crippen LogP contribution in [0.25, 0.3) is 0 Å². The van der Waals surface area contributed by atoms with E-state index in [1.54, 1.807) is 0 Å². The van der Waals surface area contributed by atoms with Gasteiger partial charge < -0.3 is 15.4 Å². The normalized spacial score (nSPS) is 25.8. The summed E-state index contributed by atoms with van der Waals surface area (Å²) in [5.41, 5.74) is 0.649. The van der Waals surface area contributed by atoms with Crippen LogP contribution in [0.3, 0.4) is 0 Å². The van der Waals surface area contributed by atoms with Crippen LogP contribution in [0.1, 0.15) is 49.9 Å². The quantitative estimate of drug-likeness (QED) is 0.806. The molecule has 1 aromatic carbocycles. The Morgan fingerprint density at radius 2 is 1.91 bits per heavy atom. The average molecular weight is 404 g/mol. The van der Waals surface area contributed by atoms with Gasteiger partial charge in [-0.15, -0.1) is 12.4 Å². The Morgan fingerprint density at radius 3 is 2.52 bits per heavy atom. The summed E-state index contributed by atoms with van der Waals surface area (Å²) in [4.78, 5) is 12.5. The van der Waals surface area contributed by atoms with Crippen molar-refractivity contribution in [2.24, 2.45) is 0 Å². The number of hydrogen-bond donors (Lipinski definition) is 2. The van der Waals surface area contributed by atoms with Gasteiger partial charge in [0, 0.05) is 28.2 Å². The smallest absolute Gasteiger partial charge is 0.251 e. The molecular formula is C17H24BrClN2O2. The summed E-state index contributed by atoms with van der Waals surface area (Å²) in [6, 6.07) is 6.98. The molecule has 1 amide bonds. The van der Waals surface area contributed by atoms with E-state index in [1.165, 1.54) is 12.8 Å². The Hall–Kier alpha value is -0.780. The maximum atomic E-state index is 12.5.